The van der Waals surface area contributed by atoms with Crippen LogP contribution in [0.2, 0.25) is 0 Å². The quantitative estimate of drug-likeness (QED) is 0.769. The van der Waals surface area contributed by atoms with Crippen LogP contribution in [0.5, 0.6) is 0 Å². The standard InChI is InChI=1S/C18H31NS/c1-8-15(19)16(18(5,6)7)20-14-11-9-13(10-12-14)17(2,3)4/h9-12,15-16H,8,19H2,1-7H3. The molecule has 2 atom stereocenters. The Morgan fingerprint density at radius 1 is 1.00 bits per heavy atom. The molecule has 1 rings (SSSR count). The molecule has 114 valence electrons. The zero-order chi connectivity index (χ0) is 15.6. The van der Waals surface area contributed by atoms with Gasteiger partial charge in [0.2, 0.25) is 0 Å². The third-order valence-corrected chi connectivity index (χ3v) is 5.55. The van der Waals surface area contributed by atoms with Crippen molar-refractivity contribution in [2.45, 2.75) is 76.5 Å². The van der Waals surface area contributed by atoms with Crippen LogP contribution in [0, 0.1) is 5.41 Å². The lowest BCUT2D eigenvalue weighted by atomic mass is 9.87. The summed E-state index contributed by atoms with van der Waals surface area (Å²) in [5.74, 6) is 0. The van der Waals surface area contributed by atoms with Gasteiger partial charge in [0.15, 0.2) is 0 Å². The van der Waals surface area contributed by atoms with E-state index in [2.05, 4.69) is 72.7 Å². The van der Waals surface area contributed by atoms with Gasteiger partial charge in [-0.2, -0.15) is 0 Å². The van der Waals surface area contributed by atoms with E-state index in [1.807, 2.05) is 11.8 Å². The van der Waals surface area contributed by atoms with Gasteiger partial charge in [-0.05, 0) is 34.9 Å². The van der Waals surface area contributed by atoms with Crippen LogP contribution < -0.4 is 5.73 Å². The summed E-state index contributed by atoms with van der Waals surface area (Å²) in [6.07, 6.45) is 1.02. The topological polar surface area (TPSA) is 26.0 Å². The second-order valence-electron chi connectivity index (χ2n) is 7.75. The van der Waals surface area contributed by atoms with Crippen molar-refractivity contribution in [3.63, 3.8) is 0 Å². The molecule has 0 aliphatic heterocycles. The normalized spacial score (nSPS) is 16.0. The van der Waals surface area contributed by atoms with Crippen LogP contribution in [0.15, 0.2) is 29.2 Å². The molecule has 2 heteroatoms. The monoisotopic (exact) mass is 293 g/mol. The minimum atomic E-state index is 0.211. The average Bonchev–Trinajstić information content (AvgIpc) is 2.33. The molecule has 0 aliphatic carbocycles. The zero-order valence-corrected chi connectivity index (χ0v) is 15.0. The second kappa shape index (κ2) is 6.53. The number of benzene rings is 1. The minimum Gasteiger partial charge on any atom is -0.327 e. The van der Waals surface area contributed by atoms with Gasteiger partial charge in [-0.1, -0.05) is 60.6 Å². The Labute approximate surface area is 129 Å². The third-order valence-electron chi connectivity index (χ3n) is 3.70. The summed E-state index contributed by atoms with van der Waals surface area (Å²) in [5.41, 5.74) is 8.14. The molecule has 1 aromatic rings. The van der Waals surface area contributed by atoms with Gasteiger partial charge in [0.25, 0.3) is 0 Å². The lowest BCUT2D eigenvalue weighted by molar-refractivity contribution is 0.350. The molecule has 0 heterocycles. The number of thioether (sulfide) groups is 1. The van der Waals surface area contributed by atoms with E-state index in [-0.39, 0.29) is 16.9 Å². The van der Waals surface area contributed by atoms with Crippen molar-refractivity contribution in [3.8, 4) is 0 Å². The van der Waals surface area contributed by atoms with Crippen LogP contribution in [0.4, 0.5) is 0 Å². The molecule has 0 fully saturated rings. The smallest absolute Gasteiger partial charge is 0.0294 e. The molecule has 0 saturated heterocycles. The van der Waals surface area contributed by atoms with Gasteiger partial charge in [0.1, 0.15) is 0 Å². The van der Waals surface area contributed by atoms with Crippen LogP contribution in [-0.4, -0.2) is 11.3 Å². The molecule has 0 aromatic heterocycles. The number of hydrogen-bond acceptors (Lipinski definition) is 2. The van der Waals surface area contributed by atoms with Gasteiger partial charge in [0.05, 0.1) is 0 Å². The Balaban J connectivity index is 2.90. The Morgan fingerprint density at radius 3 is 1.85 bits per heavy atom. The average molecular weight is 294 g/mol. The summed E-state index contributed by atoms with van der Waals surface area (Å²) in [4.78, 5) is 1.32. The predicted molar refractivity (Wildman–Crippen MR) is 92.5 cm³/mol. The summed E-state index contributed by atoms with van der Waals surface area (Å²) < 4.78 is 0. The van der Waals surface area contributed by atoms with E-state index >= 15 is 0 Å². The summed E-state index contributed by atoms with van der Waals surface area (Å²) >= 11 is 1.92. The highest BCUT2D eigenvalue weighted by Crippen LogP contribution is 2.38. The first-order valence-electron chi connectivity index (χ1n) is 7.58. The van der Waals surface area contributed by atoms with Crippen molar-refractivity contribution in [2.24, 2.45) is 11.1 Å². The maximum Gasteiger partial charge on any atom is 0.0294 e. The molecule has 2 unspecified atom stereocenters. The van der Waals surface area contributed by atoms with Crippen molar-refractivity contribution in [2.75, 3.05) is 0 Å². The van der Waals surface area contributed by atoms with Gasteiger partial charge in [0, 0.05) is 16.2 Å². The SMILES string of the molecule is CCC(N)C(Sc1ccc(C(C)(C)C)cc1)C(C)(C)C. The fourth-order valence-corrected chi connectivity index (χ4v) is 3.61. The van der Waals surface area contributed by atoms with Crippen LogP contribution in [-0.2, 0) is 5.41 Å². The van der Waals surface area contributed by atoms with E-state index in [0.717, 1.165) is 6.42 Å². The molecule has 20 heavy (non-hydrogen) atoms. The van der Waals surface area contributed by atoms with Crippen LogP contribution in [0.25, 0.3) is 0 Å². The van der Waals surface area contributed by atoms with E-state index in [9.17, 15) is 0 Å². The Bertz CT molecular complexity index is 409. The predicted octanol–water partition coefficient (Wildman–Crippen LogP) is 5.23. The van der Waals surface area contributed by atoms with Crippen molar-refractivity contribution in [3.05, 3.63) is 29.8 Å². The highest BCUT2D eigenvalue weighted by Gasteiger charge is 2.30. The molecule has 1 nitrogen and oxygen atoms in total. The molecule has 0 bridgehead atoms. The minimum absolute atomic E-state index is 0.211. The van der Waals surface area contributed by atoms with Gasteiger partial charge in [-0.25, -0.2) is 0 Å². The summed E-state index contributed by atoms with van der Waals surface area (Å²) in [6, 6.07) is 9.22. The van der Waals surface area contributed by atoms with Crippen molar-refractivity contribution in [1.82, 2.24) is 0 Å². The van der Waals surface area contributed by atoms with Crippen molar-refractivity contribution < 1.29 is 0 Å². The first kappa shape index (κ1) is 17.6. The first-order chi connectivity index (χ1) is 9.05. The van der Waals surface area contributed by atoms with Gasteiger partial charge in [-0.3, -0.25) is 0 Å². The lowest BCUT2D eigenvalue weighted by Crippen LogP contribution is -2.40. The molecule has 0 aliphatic rings. The van der Waals surface area contributed by atoms with E-state index in [1.54, 1.807) is 0 Å². The number of hydrogen-bond donors (Lipinski definition) is 1. The molecule has 0 radical (unpaired) electrons. The second-order valence-corrected chi connectivity index (χ2v) is 8.97. The Morgan fingerprint density at radius 2 is 1.50 bits per heavy atom. The van der Waals surface area contributed by atoms with E-state index in [0.29, 0.717) is 5.25 Å². The highest BCUT2D eigenvalue weighted by atomic mass is 32.2. The zero-order valence-electron chi connectivity index (χ0n) is 14.2. The van der Waals surface area contributed by atoms with Crippen LogP contribution in [0.1, 0.15) is 60.5 Å². The highest BCUT2D eigenvalue weighted by molar-refractivity contribution is 8.00. The van der Waals surface area contributed by atoms with Gasteiger partial charge >= 0.3 is 0 Å². The third kappa shape index (κ3) is 4.82. The maximum absolute atomic E-state index is 6.33. The first-order valence-corrected chi connectivity index (χ1v) is 8.46. The van der Waals surface area contributed by atoms with Gasteiger partial charge in [-0.15, -0.1) is 11.8 Å². The fraction of sp³-hybridized carbons (Fsp3) is 0.667. The lowest BCUT2D eigenvalue weighted by Gasteiger charge is -2.34. The van der Waals surface area contributed by atoms with E-state index in [4.69, 9.17) is 5.73 Å². The van der Waals surface area contributed by atoms with Gasteiger partial charge < -0.3 is 5.73 Å². The van der Waals surface area contributed by atoms with Crippen molar-refractivity contribution in [1.29, 1.82) is 0 Å². The molecule has 0 amide bonds. The molecule has 0 saturated carbocycles. The Kier molecular flexibility index (Phi) is 5.74. The van der Waals surface area contributed by atoms with E-state index < -0.39 is 0 Å². The molecule has 0 spiro atoms. The Hall–Kier alpha value is -0.470. The molecule has 2 N–H and O–H groups in total. The van der Waals surface area contributed by atoms with Crippen LogP contribution >= 0.6 is 11.8 Å². The molecule has 1 aromatic carbocycles. The summed E-state index contributed by atoms with van der Waals surface area (Å²) in [7, 11) is 0. The number of rotatable bonds is 4. The number of nitrogens with two attached hydrogens (primary N) is 1. The van der Waals surface area contributed by atoms with Crippen LogP contribution in [0.3, 0.4) is 0 Å². The molecular weight excluding hydrogens is 262 g/mol. The largest absolute Gasteiger partial charge is 0.327 e. The van der Waals surface area contributed by atoms with Crippen molar-refractivity contribution >= 4 is 11.8 Å². The fourth-order valence-electron chi connectivity index (χ4n) is 2.30. The van der Waals surface area contributed by atoms with E-state index in [1.165, 1.54) is 10.5 Å². The maximum atomic E-state index is 6.33. The summed E-state index contributed by atoms with van der Waals surface area (Å²) in [6.45, 7) is 15.8. The summed E-state index contributed by atoms with van der Waals surface area (Å²) in [5, 5.41) is 0.438. The molecular formula is C18H31NS.